The molecule has 0 radical (unpaired) electrons. The zero-order valence-corrected chi connectivity index (χ0v) is 14.1. The first-order valence-electron chi connectivity index (χ1n) is 8.08. The van der Waals surface area contributed by atoms with Crippen molar-refractivity contribution in [3.05, 3.63) is 58.7 Å². The van der Waals surface area contributed by atoms with Crippen molar-refractivity contribution in [2.45, 2.75) is 31.6 Å². The van der Waals surface area contributed by atoms with Crippen LogP contribution in [0.5, 0.6) is 11.5 Å². The van der Waals surface area contributed by atoms with Crippen molar-refractivity contribution in [1.82, 2.24) is 0 Å². The van der Waals surface area contributed by atoms with Crippen LogP contribution in [0, 0.1) is 0 Å². The Balaban J connectivity index is 2.05. The third-order valence-electron chi connectivity index (χ3n) is 5.12. The zero-order chi connectivity index (χ0) is 17.0. The lowest BCUT2D eigenvalue weighted by atomic mass is 9.86. The predicted octanol–water partition coefficient (Wildman–Crippen LogP) is 5.21. The lowest BCUT2D eigenvalue weighted by molar-refractivity contribution is -0.128. The normalized spacial score (nSPS) is 20.8. The second kappa shape index (κ2) is 5.38. The standard InChI is InChI=1S/C20H17ClO3/c1-3-10-7-11-8-14(10)18-17(11)19(23)15-9-12(21)5-6-13(15)20(18)24-16(22)4-2/h4-7,9,11,14,23H,2-3,8H2,1H3. The lowest BCUT2D eigenvalue weighted by Gasteiger charge is -2.22. The Morgan fingerprint density at radius 1 is 1.42 bits per heavy atom. The van der Waals surface area contributed by atoms with Crippen molar-refractivity contribution in [2.75, 3.05) is 0 Å². The Labute approximate surface area is 145 Å². The van der Waals surface area contributed by atoms with E-state index in [1.165, 1.54) is 5.57 Å². The summed E-state index contributed by atoms with van der Waals surface area (Å²) >= 11 is 6.10. The van der Waals surface area contributed by atoms with E-state index in [2.05, 4.69) is 19.6 Å². The molecule has 122 valence electrons. The molecule has 2 unspecified atom stereocenters. The molecule has 0 saturated heterocycles. The third kappa shape index (κ3) is 2.01. The molecule has 24 heavy (non-hydrogen) atoms. The second-order valence-electron chi connectivity index (χ2n) is 6.31. The minimum Gasteiger partial charge on any atom is -0.507 e. The van der Waals surface area contributed by atoms with Crippen LogP contribution in [-0.2, 0) is 4.79 Å². The van der Waals surface area contributed by atoms with Gasteiger partial charge < -0.3 is 9.84 Å². The van der Waals surface area contributed by atoms with Crippen molar-refractivity contribution in [2.24, 2.45) is 0 Å². The van der Waals surface area contributed by atoms with Crippen LogP contribution in [0.15, 0.2) is 42.5 Å². The number of phenols is 1. The Morgan fingerprint density at radius 2 is 2.21 bits per heavy atom. The number of halogens is 1. The average molecular weight is 341 g/mol. The van der Waals surface area contributed by atoms with Crippen LogP contribution in [0.3, 0.4) is 0 Å². The third-order valence-corrected chi connectivity index (χ3v) is 5.36. The molecule has 4 rings (SSSR count). The Bertz CT molecular complexity index is 926. The van der Waals surface area contributed by atoms with Gasteiger partial charge in [0.2, 0.25) is 0 Å². The molecular formula is C20H17ClO3. The van der Waals surface area contributed by atoms with Crippen molar-refractivity contribution in [1.29, 1.82) is 0 Å². The van der Waals surface area contributed by atoms with Crippen LogP contribution in [0.1, 0.15) is 42.7 Å². The first kappa shape index (κ1) is 15.3. The number of ether oxygens (including phenoxy) is 1. The summed E-state index contributed by atoms with van der Waals surface area (Å²) in [5.74, 6) is 0.660. The number of hydrogen-bond donors (Lipinski definition) is 1. The maximum atomic E-state index is 11.9. The van der Waals surface area contributed by atoms with E-state index in [0.717, 1.165) is 30.0 Å². The van der Waals surface area contributed by atoms with E-state index in [-0.39, 0.29) is 17.6 Å². The number of phenolic OH excluding ortho intramolecular Hbond substituents is 1. The largest absolute Gasteiger partial charge is 0.507 e. The van der Waals surface area contributed by atoms with Gasteiger partial charge in [-0.25, -0.2) is 4.79 Å². The molecule has 2 atom stereocenters. The fraction of sp³-hybridized carbons (Fsp3) is 0.250. The summed E-state index contributed by atoms with van der Waals surface area (Å²) in [5, 5.41) is 12.7. The van der Waals surface area contributed by atoms with Gasteiger partial charge in [-0.1, -0.05) is 36.8 Å². The van der Waals surface area contributed by atoms with Gasteiger partial charge in [0.15, 0.2) is 0 Å². The Kier molecular flexibility index (Phi) is 3.43. The summed E-state index contributed by atoms with van der Waals surface area (Å²) in [4.78, 5) is 11.9. The predicted molar refractivity (Wildman–Crippen MR) is 94.9 cm³/mol. The first-order valence-corrected chi connectivity index (χ1v) is 8.45. The minimum absolute atomic E-state index is 0.171. The van der Waals surface area contributed by atoms with Crippen LogP contribution in [0.2, 0.25) is 5.02 Å². The quantitative estimate of drug-likeness (QED) is 0.361. The molecule has 2 aliphatic rings. The topological polar surface area (TPSA) is 46.5 Å². The fourth-order valence-corrected chi connectivity index (χ4v) is 4.31. The molecule has 4 heteroatoms. The van der Waals surface area contributed by atoms with Gasteiger partial charge in [0.25, 0.3) is 0 Å². The number of hydrogen-bond acceptors (Lipinski definition) is 3. The van der Waals surface area contributed by atoms with Gasteiger partial charge in [-0.3, -0.25) is 0 Å². The maximum absolute atomic E-state index is 11.9. The average Bonchev–Trinajstić information content (AvgIpc) is 3.16. The number of aromatic hydroxyl groups is 1. The van der Waals surface area contributed by atoms with Crippen molar-refractivity contribution in [3.8, 4) is 11.5 Å². The molecule has 1 N–H and O–H groups in total. The highest BCUT2D eigenvalue weighted by Crippen LogP contribution is 2.60. The molecule has 0 aromatic heterocycles. The summed E-state index contributed by atoms with van der Waals surface area (Å²) < 4.78 is 5.62. The van der Waals surface area contributed by atoms with Crippen LogP contribution in [-0.4, -0.2) is 11.1 Å². The minimum atomic E-state index is -0.496. The number of allylic oxidation sites excluding steroid dienone is 2. The van der Waals surface area contributed by atoms with Crippen molar-refractivity contribution in [3.63, 3.8) is 0 Å². The summed E-state index contributed by atoms with van der Waals surface area (Å²) in [6.45, 7) is 5.61. The van der Waals surface area contributed by atoms with Gasteiger partial charge >= 0.3 is 5.97 Å². The molecule has 0 fully saturated rings. The number of carbonyl (C=O) groups is 1. The molecule has 0 heterocycles. The molecule has 2 bridgehead atoms. The molecular weight excluding hydrogens is 324 g/mol. The fourth-order valence-electron chi connectivity index (χ4n) is 4.14. The van der Waals surface area contributed by atoms with Gasteiger partial charge in [0, 0.05) is 44.8 Å². The summed E-state index contributed by atoms with van der Waals surface area (Å²) in [7, 11) is 0. The molecule has 2 aromatic rings. The van der Waals surface area contributed by atoms with Crippen LogP contribution in [0.4, 0.5) is 0 Å². The molecule has 0 amide bonds. The molecule has 0 aliphatic heterocycles. The highest BCUT2D eigenvalue weighted by Gasteiger charge is 2.42. The van der Waals surface area contributed by atoms with E-state index >= 15 is 0 Å². The van der Waals surface area contributed by atoms with Crippen LogP contribution in [0.25, 0.3) is 10.8 Å². The van der Waals surface area contributed by atoms with E-state index in [0.29, 0.717) is 21.5 Å². The number of esters is 1. The number of fused-ring (bicyclic) bond motifs is 6. The van der Waals surface area contributed by atoms with Gasteiger partial charge in [-0.05, 0) is 31.0 Å². The van der Waals surface area contributed by atoms with Gasteiger partial charge in [0.1, 0.15) is 11.5 Å². The zero-order valence-electron chi connectivity index (χ0n) is 13.3. The second-order valence-corrected chi connectivity index (χ2v) is 6.75. The van der Waals surface area contributed by atoms with E-state index < -0.39 is 5.97 Å². The molecule has 0 saturated carbocycles. The SMILES string of the molecule is C=CC(=O)Oc1c2c(c(O)c3cc(Cl)ccc13)C1C=C(CC)C2C1. The maximum Gasteiger partial charge on any atom is 0.335 e. The van der Waals surface area contributed by atoms with E-state index in [4.69, 9.17) is 16.3 Å². The molecule has 3 nitrogen and oxygen atoms in total. The summed E-state index contributed by atoms with van der Waals surface area (Å²) in [6, 6.07) is 5.25. The Hall–Kier alpha value is -2.26. The van der Waals surface area contributed by atoms with Gasteiger partial charge in [-0.2, -0.15) is 0 Å². The molecule has 2 aromatic carbocycles. The van der Waals surface area contributed by atoms with E-state index in [1.807, 2.05) is 0 Å². The highest BCUT2D eigenvalue weighted by atomic mass is 35.5. The first-order chi connectivity index (χ1) is 11.5. The number of carbonyl (C=O) groups excluding carboxylic acids is 1. The monoisotopic (exact) mass is 340 g/mol. The number of rotatable bonds is 3. The highest BCUT2D eigenvalue weighted by molar-refractivity contribution is 6.31. The van der Waals surface area contributed by atoms with Crippen molar-refractivity contribution < 1.29 is 14.6 Å². The van der Waals surface area contributed by atoms with Gasteiger partial charge in [-0.15, -0.1) is 0 Å². The Morgan fingerprint density at radius 3 is 2.92 bits per heavy atom. The van der Waals surface area contributed by atoms with Crippen molar-refractivity contribution >= 4 is 28.3 Å². The molecule has 2 aliphatic carbocycles. The smallest absolute Gasteiger partial charge is 0.335 e. The molecule has 0 spiro atoms. The van der Waals surface area contributed by atoms with Gasteiger partial charge in [0.05, 0.1) is 0 Å². The van der Waals surface area contributed by atoms with Crippen LogP contribution < -0.4 is 4.74 Å². The number of benzene rings is 2. The van der Waals surface area contributed by atoms with E-state index in [9.17, 15) is 9.90 Å². The summed E-state index contributed by atoms with van der Waals surface area (Å²) in [5.41, 5.74) is 3.16. The van der Waals surface area contributed by atoms with Crippen LogP contribution >= 0.6 is 11.6 Å². The van der Waals surface area contributed by atoms with E-state index in [1.54, 1.807) is 18.2 Å². The lowest BCUT2D eigenvalue weighted by Crippen LogP contribution is -2.09. The summed E-state index contributed by atoms with van der Waals surface area (Å²) in [6.07, 6.45) is 5.27.